The Morgan fingerprint density at radius 3 is 1.39 bits per heavy atom. The van der Waals surface area contributed by atoms with Crippen LogP contribution in [-0.2, 0) is 30.1 Å². The number of hydrogen-bond acceptors (Lipinski definition) is 14. The van der Waals surface area contributed by atoms with Crippen molar-refractivity contribution in [2.75, 3.05) is 97.1 Å². The van der Waals surface area contributed by atoms with Gasteiger partial charge in [0.15, 0.2) is 17.5 Å². The molecule has 0 amide bonds. The molecule has 0 bridgehead atoms. The molecule has 0 radical (unpaired) electrons. The van der Waals surface area contributed by atoms with Crippen molar-refractivity contribution in [2.45, 2.75) is 37.4 Å². The molecule has 360 valence electrons. The Hall–Kier alpha value is -0.165. The van der Waals surface area contributed by atoms with Crippen LogP contribution in [0.5, 0.6) is 0 Å². The third-order valence-corrected chi connectivity index (χ3v) is 9.50. The van der Waals surface area contributed by atoms with Crippen molar-refractivity contribution >= 4 is 75.4 Å². The minimum Gasteiger partial charge on any atom is -1.00 e. The number of nitro benzene ring substituents is 2. The molecule has 0 saturated carbocycles. The average Bonchev–Trinajstić information content (AvgIpc) is 3.97. The van der Waals surface area contributed by atoms with E-state index in [1.165, 1.54) is 37.7 Å². The van der Waals surface area contributed by atoms with E-state index in [1.807, 2.05) is 19.0 Å². The zero-order valence-electron chi connectivity index (χ0n) is 38.8. The molecule has 3 atom stereocenters. The summed E-state index contributed by atoms with van der Waals surface area (Å²) in [7, 11) is 12.4. The molecule has 3 saturated heterocycles. The summed E-state index contributed by atoms with van der Waals surface area (Å²) in [5.74, 6) is -3.04. The van der Waals surface area contributed by atoms with Gasteiger partial charge in [0, 0.05) is 89.1 Å². The van der Waals surface area contributed by atoms with E-state index in [0.29, 0.717) is 41.3 Å². The second-order valence-electron chi connectivity index (χ2n) is 14.0. The zero-order valence-corrected chi connectivity index (χ0v) is 48.6. The number of nitrogens with zero attached hydrogens (tertiary/aromatic N) is 7. The molecular weight excluding hydrogens is 1050 g/mol. The van der Waals surface area contributed by atoms with E-state index in [9.17, 15) is 37.8 Å². The molecule has 3 fully saturated rings. The Morgan fingerprint density at radius 1 is 0.703 bits per heavy atom. The van der Waals surface area contributed by atoms with Gasteiger partial charge in [-0.25, -0.2) is 17.6 Å². The number of rotatable bonds is 8. The van der Waals surface area contributed by atoms with Crippen LogP contribution in [0.25, 0.3) is 0 Å². The fraction of sp³-hybridized carbons (Fsp3) is 0.474. The number of carbonyl (C=O) groups is 1. The van der Waals surface area contributed by atoms with E-state index in [4.69, 9.17) is 15.8 Å². The molecule has 6 rings (SSSR count). The molecule has 3 aliphatic heterocycles. The Kier molecular flexibility index (Phi) is 46.7. The number of nitrogen functional groups attached to an aromatic ring is 1. The summed E-state index contributed by atoms with van der Waals surface area (Å²) >= 11 is 0. The predicted octanol–water partition coefficient (Wildman–Crippen LogP) is -1.45. The third-order valence-electron chi connectivity index (χ3n) is 9.50. The Bertz CT molecular complexity index is 1780. The number of non-ortho nitro benzene ring substituents is 2. The van der Waals surface area contributed by atoms with Crippen molar-refractivity contribution in [3.8, 4) is 0 Å². The number of benzene rings is 3. The Balaban J connectivity index is -0.000000133. The normalized spacial score (nSPS) is 16.4. The van der Waals surface area contributed by atoms with E-state index in [-0.39, 0.29) is 191 Å². The molecule has 3 heterocycles. The van der Waals surface area contributed by atoms with E-state index >= 15 is 0 Å². The molecule has 0 aliphatic carbocycles. The van der Waals surface area contributed by atoms with Crippen LogP contribution in [-0.4, -0.2) is 131 Å². The van der Waals surface area contributed by atoms with Gasteiger partial charge in [-0.05, 0) is 98.4 Å². The van der Waals surface area contributed by atoms with Crippen LogP contribution in [0.4, 0.5) is 46.0 Å². The van der Waals surface area contributed by atoms with Crippen LogP contribution in [0.15, 0.2) is 54.6 Å². The molecular formula is C38H62F4K2N9O7PdS3-. The minimum absolute atomic E-state index is 0. The second-order valence-corrected chi connectivity index (χ2v) is 14.0. The first-order chi connectivity index (χ1) is 26.9. The van der Waals surface area contributed by atoms with Crippen LogP contribution in [0.3, 0.4) is 0 Å². The monoisotopic (exact) mass is 1110 g/mol. The van der Waals surface area contributed by atoms with E-state index in [1.54, 1.807) is 12.1 Å². The molecule has 3 N–H and O–H groups in total. The van der Waals surface area contributed by atoms with Gasteiger partial charge in [-0.3, -0.25) is 25.0 Å². The molecule has 26 heteroatoms. The number of nitro groups is 2. The zero-order chi connectivity index (χ0) is 42.8. The topological polar surface area (TPSA) is 190 Å². The van der Waals surface area contributed by atoms with Gasteiger partial charge in [0.1, 0.15) is 5.82 Å². The Labute approximate surface area is 495 Å². The summed E-state index contributed by atoms with van der Waals surface area (Å²) in [6, 6.07) is 12.6. The van der Waals surface area contributed by atoms with Crippen molar-refractivity contribution in [1.29, 1.82) is 0 Å². The number of carbonyl (C=O) groups excluding carboxylic acids is 1. The van der Waals surface area contributed by atoms with Crippen molar-refractivity contribution in [2.24, 2.45) is 0 Å². The quantitative estimate of drug-likeness (QED) is 0.0390. The largest absolute Gasteiger partial charge is 1.00 e. The summed E-state index contributed by atoms with van der Waals surface area (Å²) in [5, 5.41) is 32.3. The van der Waals surface area contributed by atoms with Gasteiger partial charge < -0.3 is 54.5 Å². The second kappa shape index (κ2) is 39.7. The average molecular weight is 1110 g/mol. The number of hydrogen-bond donors (Lipinski definition) is 2. The minimum atomic E-state index is -1.21. The first-order valence-corrected chi connectivity index (χ1v) is 17.9. The van der Waals surface area contributed by atoms with Gasteiger partial charge in [0.25, 0.3) is 17.8 Å². The fourth-order valence-electron chi connectivity index (χ4n) is 6.09. The predicted molar refractivity (Wildman–Crippen MR) is 246 cm³/mol. The summed E-state index contributed by atoms with van der Waals surface area (Å²) in [6.07, 6.45) is 3.37. The van der Waals surface area contributed by atoms with Crippen molar-refractivity contribution in [1.82, 2.24) is 20.0 Å². The molecule has 0 unspecified atom stereocenters. The molecule has 64 heavy (non-hydrogen) atoms. The van der Waals surface area contributed by atoms with Gasteiger partial charge in [-0.15, -0.1) is 0 Å². The van der Waals surface area contributed by atoms with Gasteiger partial charge >= 0.3 is 103 Å². The van der Waals surface area contributed by atoms with Crippen LogP contribution in [0.1, 0.15) is 20.7 Å². The number of likely N-dealkylation sites (N-methyl/N-ethyl adjacent to an activating group) is 3. The SMILES string of the molecule is CN(C)[C@H]1CCN(c2ccc(N)cc2F)C1.CN(C)[C@H]1CCN(c2ccc([N+](=O)[O-])cc2F)C1.CN(C)[C@H]1CCNC1.O=CO[O-].O=[N+]([O-])c1ccc(F)c(F)c1.S.S.S.[CH3-].[H-].[K+].[K+].[Pd]. The number of halogens is 4. The first kappa shape index (κ1) is 75.3. The van der Waals surface area contributed by atoms with Crippen LogP contribution < -0.4 is 129 Å². The van der Waals surface area contributed by atoms with Crippen LogP contribution in [0.2, 0.25) is 0 Å². The van der Waals surface area contributed by atoms with E-state index in [2.05, 4.69) is 58.0 Å². The summed E-state index contributed by atoms with van der Waals surface area (Å²) in [4.78, 5) is 41.0. The van der Waals surface area contributed by atoms with Gasteiger partial charge in [0.2, 0.25) is 0 Å². The fourth-order valence-corrected chi connectivity index (χ4v) is 6.09. The van der Waals surface area contributed by atoms with Gasteiger partial charge in [0.05, 0.1) is 33.4 Å². The number of nitrogens with two attached hydrogens (primary N) is 1. The Morgan fingerprint density at radius 2 is 1.09 bits per heavy atom. The molecule has 3 aliphatic rings. The maximum absolute atomic E-state index is 13.8. The number of nitrogens with one attached hydrogen (secondary N) is 1. The number of anilines is 3. The van der Waals surface area contributed by atoms with Crippen molar-refractivity contribution in [3.05, 3.63) is 106 Å². The van der Waals surface area contributed by atoms with E-state index < -0.39 is 33.0 Å². The maximum Gasteiger partial charge on any atom is 1.00 e. The van der Waals surface area contributed by atoms with Gasteiger partial charge in [-0.2, -0.15) is 40.5 Å². The summed E-state index contributed by atoms with van der Waals surface area (Å²) in [6.45, 7) is 5.51. The first-order valence-electron chi connectivity index (χ1n) is 17.9. The van der Waals surface area contributed by atoms with E-state index in [0.717, 1.165) is 57.2 Å². The molecule has 0 spiro atoms. The smallest absolute Gasteiger partial charge is 1.00 e. The van der Waals surface area contributed by atoms with Gasteiger partial charge in [-0.1, -0.05) is 0 Å². The van der Waals surface area contributed by atoms with Crippen molar-refractivity contribution in [3.63, 3.8) is 0 Å². The molecule has 3 aromatic rings. The summed E-state index contributed by atoms with van der Waals surface area (Å²) in [5.41, 5.74) is 6.46. The molecule has 3 aromatic carbocycles. The van der Waals surface area contributed by atoms with Crippen LogP contribution in [0, 0.1) is 50.9 Å². The van der Waals surface area contributed by atoms with Crippen LogP contribution >= 0.6 is 40.5 Å². The summed E-state index contributed by atoms with van der Waals surface area (Å²) < 4.78 is 52.0. The molecule has 0 aromatic heterocycles. The standard InChI is InChI=1S/C12H16FN3O2.C12H18FN3.C6H3F2NO2.C6H14N2.CH2O3.CH3.2K.Pd.3H2S.H/c1-14(2)10-5-6-15(8-10)12-4-3-9(16(17)18)7-11(12)13;1-15(2)10-5-6-16(8-10)12-4-3-9(14)7-11(12)13;7-5-2-1-4(9(10)11)3-6(5)8;1-8(2)6-3-4-7-5-6;2-1-4-3;;;;;;;;/h3-4,7,10H,5-6,8H2,1-2H3;3-4,7,10H,5-6,8,14H2,1-2H3;1-3H;6-7H,3-5H2,1-2H3;1,3H;1H3;;;;3*1H2;/q;;;;;-1;2*+1;;;;;-1/p-1/t2*10-;;6-;;;;;;;;;/m00.0........./s1. The third kappa shape index (κ3) is 26.6. The maximum atomic E-state index is 13.8. The van der Waals surface area contributed by atoms with Crippen molar-refractivity contribution < 1.29 is 167 Å². The molecule has 16 nitrogen and oxygen atoms in total.